The van der Waals surface area contributed by atoms with Crippen molar-refractivity contribution in [3.63, 3.8) is 0 Å². The Morgan fingerprint density at radius 1 is 0.370 bits per heavy atom. The number of unbranched alkanes of at least 4 members (excludes halogenated alkanes) is 14. The van der Waals surface area contributed by atoms with E-state index in [1.807, 2.05) is 0 Å². The third-order valence-electron chi connectivity index (χ3n) is 9.60. The van der Waals surface area contributed by atoms with Gasteiger partial charge >= 0.3 is 6.16 Å². The number of ether oxygens (including phenoxy) is 2. The lowest BCUT2D eigenvalue weighted by atomic mass is 10.0. The maximum atomic E-state index is 13.3. The zero-order valence-electron chi connectivity index (χ0n) is 32.4. The molecule has 0 amide bonds. The topological polar surface area (TPSA) is 42.0 Å². The summed E-state index contributed by atoms with van der Waals surface area (Å²) in [4.78, 5) is 18.6. The lowest BCUT2D eigenvalue weighted by Crippen LogP contribution is -2.30. The fourth-order valence-corrected chi connectivity index (χ4v) is 6.41. The van der Waals surface area contributed by atoms with Crippen LogP contribution in [0, 0.1) is 0 Å². The number of rotatable bonds is 36. The Kier molecular flexibility index (Phi) is 34.9. The summed E-state index contributed by atoms with van der Waals surface area (Å²) < 4.78 is 12.3. The predicted molar refractivity (Wildman–Crippen MR) is 202 cm³/mol. The highest BCUT2D eigenvalue weighted by Crippen LogP contribution is 2.19. The molecule has 0 aromatic rings. The van der Waals surface area contributed by atoms with Gasteiger partial charge in [-0.15, -0.1) is 0 Å². The molecule has 46 heavy (non-hydrogen) atoms. The first-order valence-electron chi connectivity index (χ1n) is 20.9. The Morgan fingerprint density at radius 2 is 0.630 bits per heavy atom. The minimum absolute atomic E-state index is 0.0221. The molecule has 0 bridgehead atoms. The molecule has 0 radical (unpaired) electrons. The molecule has 276 valence electrons. The van der Waals surface area contributed by atoms with Gasteiger partial charge in [0.1, 0.15) is 12.2 Å². The highest BCUT2D eigenvalue weighted by atomic mass is 16.7. The average molecular weight is 653 g/mol. The van der Waals surface area contributed by atoms with E-state index in [4.69, 9.17) is 9.47 Å². The molecule has 0 aromatic carbocycles. The molecule has 0 heterocycles. The Hall–Kier alpha value is -0.810. The van der Waals surface area contributed by atoms with Crippen LogP contribution in [-0.2, 0) is 9.47 Å². The van der Waals surface area contributed by atoms with Crippen molar-refractivity contribution in [3.8, 4) is 0 Å². The van der Waals surface area contributed by atoms with Crippen LogP contribution in [0.1, 0.15) is 208 Å². The quantitative estimate of drug-likeness (QED) is 0.0497. The second-order valence-electron chi connectivity index (χ2n) is 14.2. The van der Waals surface area contributed by atoms with E-state index in [-0.39, 0.29) is 12.2 Å². The van der Waals surface area contributed by atoms with Gasteiger partial charge in [0.15, 0.2) is 0 Å². The third-order valence-corrected chi connectivity index (χ3v) is 9.60. The molecule has 0 aliphatic rings. The van der Waals surface area contributed by atoms with E-state index in [0.29, 0.717) is 0 Å². The molecule has 5 nitrogen and oxygen atoms in total. The molecule has 0 aromatic heterocycles. The van der Waals surface area contributed by atoms with E-state index in [1.165, 1.54) is 142 Å². The molecule has 2 unspecified atom stereocenters. The monoisotopic (exact) mass is 653 g/mol. The van der Waals surface area contributed by atoms with Crippen molar-refractivity contribution in [1.29, 1.82) is 0 Å². The molecule has 0 aliphatic heterocycles. The standard InChI is InChI=1S/C41H84N2O3/c1-7-13-19-21-23-25-29-39(31-27-37-42(33-15-9-3)34-16-10-4)45-41(44)46-40(30-26-24-22-20-14-8-2)32-28-38-43(35-17-11-5)36-18-12-6/h39-40H,7-38H2,1-6H3. The second kappa shape index (κ2) is 35.5. The zero-order chi connectivity index (χ0) is 33.9. The normalized spacial score (nSPS) is 13.0. The van der Waals surface area contributed by atoms with Crippen molar-refractivity contribution in [2.75, 3.05) is 39.3 Å². The fraction of sp³-hybridized carbons (Fsp3) is 0.976. The van der Waals surface area contributed by atoms with Gasteiger partial charge in [-0.3, -0.25) is 0 Å². The molecule has 0 aliphatic carbocycles. The fourth-order valence-electron chi connectivity index (χ4n) is 6.41. The lowest BCUT2D eigenvalue weighted by molar-refractivity contribution is -0.0129. The maximum Gasteiger partial charge on any atom is 0.508 e. The smallest absolute Gasteiger partial charge is 0.431 e. The molecular formula is C41H84N2O3. The van der Waals surface area contributed by atoms with Crippen molar-refractivity contribution >= 4 is 6.16 Å². The molecule has 5 heteroatoms. The van der Waals surface area contributed by atoms with Crippen LogP contribution in [0.15, 0.2) is 0 Å². The molecule has 2 atom stereocenters. The highest BCUT2D eigenvalue weighted by Gasteiger charge is 2.21. The summed E-state index contributed by atoms with van der Waals surface area (Å²) in [6.07, 6.45) is 30.8. The largest absolute Gasteiger partial charge is 0.508 e. The first kappa shape index (κ1) is 45.2. The van der Waals surface area contributed by atoms with E-state index in [2.05, 4.69) is 51.3 Å². The molecule has 0 saturated carbocycles. The van der Waals surface area contributed by atoms with Crippen molar-refractivity contribution in [1.82, 2.24) is 9.80 Å². The molecule has 0 fully saturated rings. The summed E-state index contributed by atoms with van der Waals surface area (Å²) in [7, 11) is 0. The third kappa shape index (κ3) is 29.3. The number of nitrogens with zero attached hydrogens (tertiary/aromatic N) is 2. The number of carbonyl (C=O) groups excluding carboxylic acids is 1. The van der Waals surface area contributed by atoms with Crippen molar-refractivity contribution in [3.05, 3.63) is 0 Å². The van der Waals surface area contributed by atoms with Gasteiger partial charge in [-0.25, -0.2) is 4.79 Å². The van der Waals surface area contributed by atoms with Crippen LogP contribution in [0.4, 0.5) is 4.79 Å². The lowest BCUT2D eigenvalue weighted by Gasteiger charge is -2.25. The minimum Gasteiger partial charge on any atom is -0.431 e. The Balaban J connectivity index is 5.18. The van der Waals surface area contributed by atoms with E-state index >= 15 is 0 Å². The van der Waals surface area contributed by atoms with Crippen LogP contribution in [-0.4, -0.2) is 67.4 Å². The summed E-state index contributed by atoms with van der Waals surface area (Å²) >= 11 is 0. The summed E-state index contributed by atoms with van der Waals surface area (Å²) in [6, 6.07) is 0. The van der Waals surface area contributed by atoms with Gasteiger partial charge in [0.05, 0.1) is 0 Å². The van der Waals surface area contributed by atoms with Gasteiger partial charge in [-0.05, 0) is 116 Å². The Morgan fingerprint density at radius 3 is 0.957 bits per heavy atom. The summed E-state index contributed by atoms with van der Waals surface area (Å²) in [6.45, 7) is 20.6. The maximum absolute atomic E-state index is 13.3. The first-order valence-corrected chi connectivity index (χ1v) is 20.9. The molecule has 0 saturated heterocycles. The van der Waals surface area contributed by atoms with Gasteiger partial charge in [0, 0.05) is 0 Å². The summed E-state index contributed by atoms with van der Waals surface area (Å²) in [5.74, 6) is 0. The van der Waals surface area contributed by atoms with Crippen molar-refractivity contribution in [2.24, 2.45) is 0 Å². The van der Waals surface area contributed by atoms with E-state index in [9.17, 15) is 4.79 Å². The van der Waals surface area contributed by atoms with E-state index < -0.39 is 6.16 Å². The van der Waals surface area contributed by atoms with E-state index in [1.54, 1.807) is 0 Å². The van der Waals surface area contributed by atoms with Crippen LogP contribution in [0.2, 0.25) is 0 Å². The van der Waals surface area contributed by atoms with Crippen LogP contribution in [0.5, 0.6) is 0 Å². The van der Waals surface area contributed by atoms with E-state index in [0.717, 1.165) is 64.5 Å². The average Bonchev–Trinajstić information content (AvgIpc) is 3.05. The van der Waals surface area contributed by atoms with Crippen LogP contribution >= 0.6 is 0 Å². The van der Waals surface area contributed by atoms with Gasteiger partial charge < -0.3 is 19.3 Å². The van der Waals surface area contributed by atoms with Gasteiger partial charge in [0.25, 0.3) is 0 Å². The predicted octanol–water partition coefficient (Wildman–Crippen LogP) is 12.7. The van der Waals surface area contributed by atoms with Crippen molar-refractivity contribution < 1.29 is 14.3 Å². The minimum atomic E-state index is -0.408. The molecular weight excluding hydrogens is 568 g/mol. The van der Waals surface area contributed by atoms with Crippen molar-refractivity contribution in [2.45, 2.75) is 221 Å². The SMILES string of the molecule is CCCCCCCCC(CCCN(CCCC)CCCC)OC(=O)OC(CCCCCCCC)CCCN(CCCC)CCCC. The van der Waals surface area contributed by atoms with Crippen LogP contribution in [0.3, 0.4) is 0 Å². The Labute approximate surface area is 289 Å². The van der Waals surface area contributed by atoms with Gasteiger partial charge in [-0.1, -0.05) is 131 Å². The van der Waals surface area contributed by atoms with Crippen LogP contribution < -0.4 is 0 Å². The summed E-state index contributed by atoms with van der Waals surface area (Å²) in [5.41, 5.74) is 0. The second-order valence-corrected chi connectivity index (χ2v) is 14.2. The molecule has 0 N–H and O–H groups in total. The zero-order valence-corrected chi connectivity index (χ0v) is 32.4. The van der Waals surface area contributed by atoms with Gasteiger partial charge in [-0.2, -0.15) is 0 Å². The summed E-state index contributed by atoms with van der Waals surface area (Å²) in [5, 5.41) is 0. The number of hydrogen-bond donors (Lipinski definition) is 0. The number of hydrogen-bond acceptors (Lipinski definition) is 5. The number of carbonyl (C=O) groups is 1. The van der Waals surface area contributed by atoms with Crippen LogP contribution in [0.25, 0.3) is 0 Å². The van der Waals surface area contributed by atoms with Gasteiger partial charge in [0.2, 0.25) is 0 Å². The first-order chi connectivity index (χ1) is 22.5. The Bertz CT molecular complexity index is 551. The highest BCUT2D eigenvalue weighted by molar-refractivity contribution is 5.60. The molecule has 0 rings (SSSR count). The molecule has 0 spiro atoms.